The molecule has 0 aromatic heterocycles. The van der Waals surface area contributed by atoms with E-state index in [-0.39, 0.29) is 50.7 Å². The third kappa shape index (κ3) is 10.4. The van der Waals surface area contributed by atoms with Crippen LogP contribution in [0.15, 0.2) is 49.6 Å². The Balaban J connectivity index is -0.0000000987. The zero-order valence-corrected chi connectivity index (χ0v) is 17.2. The first-order valence-electron chi connectivity index (χ1n) is 5.49. The van der Waals surface area contributed by atoms with E-state index in [2.05, 4.69) is 46.9 Å². The van der Waals surface area contributed by atoms with E-state index in [0.717, 1.165) is 0 Å². The van der Waals surface area contributed by atoms with Gasteiger partial charge in [0.05, 0.1) is 0 Å². The van der Waals surface area contributed by atoms with Gasteiger partial charge in [-0.05, 0) is 0 Å². The molecule has 0 radical (unpaired) electrons. The second-order valence-corrected chi connectivity index (χ2v) is 3.72. The summed E-state index contributed by atoms with van der Waals surface area (Å²) in [5.74, 6) is 0. The monoisotopic (exact) mass is 464 g/mol. The fourth-order valence-electron chi connectivity index (χ4n) is 1.45. The molecule has 2 aromatic rings. The van der Waals surface area contributed by atoms with Gasteiger partial charge in [0.25, 0.3) is 0 Å². The van der Waals surface area contributed by atoms with Crippen LogP contribution in [0.25, 0.3) is 0 Å². The molecule has 0 spiro atoms. The molecule has 0 amide bonds. The number of hydrogen-bond acceptors (Lipinski definition) is 0. The van der Waals surface area contributed by atoms with Crippen molar-refractivity contribution in [1.29, 1.82) is 0 Å². The van der Waals surface area contributed by atoms with Crippen molar-refractivity contribution in [3.05, 3.63) is 71.8 Å². The molecule has 0 aliphatic carbocycles. The molecule has 0 unspecified atom stereocenters. The number of halogens is 2. The van der Waals surface area contributed by atoms with Crippen LogP contribution in [0, 0.1) is 27.7 Å². The summed E-state index contributed by atoms with van der Waals surface area (Å²) in [5, 5.41) is 0. The minimum atomic E-state index is 0. The Morgan fingerprint density at radius 1 is 1.00 bits per heavy atom. The van der Waals surface area contributed by atoms with Crippen molar-refractivity contribution >= 4 is 0 Å². The second-order valence-electron chi connectivity index (χ2n) is 3.72. The molecule has 0 heterocycles. The normalized spacial score (nSPS) is 7.16. The number of aryl methyl sites for hydroxylation is 2. The van der Waals surface area contributed by atoms with Crippen molar-refractivity contribution in [3.63, 3.8) is 0 Å². The van der Waals surface area contributed by atoms with Crippen molar-refractivity contribution in [1.82, 2.24) is 0 Å². The van der Waals surface area contributed by atoms with Crippen molar-refractivity contribution in [2.45, 2.75) is 27.7 Å². The summed E-state index contributed by atoms with van der Waals surface area (Å²) in [7, 11) is 0. The van der Waals surface area contributed by atoms with E-state index in [1.165, 1.54) is 22.3 Å². The minimum Gasteiger partial charge on any atom is -1.00 e. The summed E-state index contributed by atoms with van der Waals surface area (Å²) in [5.41, 5.74) is 5.75. The Kier molecular flexibility index (Phi) is 22.9. The summed E-state index contributed by atoms with van der Waals surface area (Å²) in [6.07, 6.45) is 0. The van der Waals surface area contributed by atoms with Gasteiger partial charge in [-0.3, -0.25) is 0 Å². The summed E-state index contributed by atoms with van der Waals surface area (Å²) < 4.78 is 0. The van der Waals surface area contributed by atoms with Crippen LogP contribution in [0.5, 0.6) is 0 Å². The molecule has 0 atom stereocenters. The molecule has 104 valence electrons. The molecule has 0 aliphatic heterocycles. The van der Waals surface area contributed by atoms with Gasteiger partial charge in [0, 0.05) is 0 Å². The molecule has 0 nitrogen and oxygen atoms in total. The van der Waals surface area contributed by atoms with Crippen LogP contribution in [0.4, 0.5) is 0 Å². The van der Waals surface area contributed by atoms with Crippen LogP contribution in [0.2, 0.25) is 0 Å². The Morgan fingerprint density at radius 2 is 1.42 bits per heavy atom. The molecule has 0 saturated heterocycles. The average molecular weight is 464 g/mol. The van der Waals surface area contributed by atoms with Gasteiger partial charge in [-0.2, -0.15) is 46.5 Å². The van der Waals surface area contributed by atoms with Crippen LogP contribution in [0.1, 0.15) is 22.3 Å². The predicted octanol–water partition coefficient (Wildman–Crippen LogP) is -1.15. The molecular weight excluding hydrogens is 442 g/mol. The van der Waals surface area contributed by atoms with E-state index >= 15 is 0 Å². The fraction of sp³-hybridized carbons (Fsp3) is 0.250. The largest absolute Gasteiger partial charge is 4.00 e. The first-order valence-corrected chi connectivity index (χ1v) is 5.49. The van der Waals surface area contributed by atoms with Crippen molar-refractivity contribution in [2.75, 3.05) is 0 Å². The van der Waals surface area contributed by atoms with Gasteiger partial charge in [0.15, 0.2) is 0 Å². The Labute approximate surface area is 149 Å². The third-order valence-electron chi connectivity index (χ3n) is 2.73. The minimum absolute atomic E-state index is 0. The molecule has 2 rings (SSSR count). The molecular formula is C16H22Cl2Hf. The maximum Gasteiger partial charge on any atom is 4.00 e. The van der Waals surface area contributed by atoms with Crippen LogP contribution >= 0.6 is 0 Å². The fourth-order valence-corrected chi connectivity index (χ4v) is 1.45. The summed E-state index contributed by atoms with van der Waals surface area (Å²) in [4.78, 5) is 0. The van der Waals surface area contributed by atoms with E-state index in [9.17, 15) is 0 Å². The first kappa shape index (κ1) is 27.3. The van der Waals surface area contributed by atoms with Crippen LogP contribution in [-0.2, 0) is 25.8 Å². The second kappa shape index (κ2) is 15.9. The molecule has 19 heavy (non-hydrogen) atoms. The molecule has 0 aliphatic rings. The quantitative estimate of drug-likeness (QED) is 0.263. The Morgan fingerprint density at radius 3 is 1.53 bits per heavy atom. The van der Waals surface area contributed by atoms with E-state index in [1.54, 1.807) is 0 Å². The van der Waals surface area contributed by atoms with Gasteiger partial charge in [0.1, 0.15) is 0 Å². The van der Waals surface area contributed by atoms with E-state index < -0.39 is 0 Å². The summed E-state index contributed by atoms with van der Waals surface area (Å²) >= 11 is 0. The van der Waals surface area contributed by atoms with Crippen LogP contribution in [0.3, 0.4) is 0 Å². The van der Waals surface area contributed by atoms with E-state index in [1.807, 2.05) is 30.3 Å². The Bertz CT molecular complexity index is 349. The standard InChI is InChI=1S/C9H13.C5H5.C2H4.2ClH.Hf/c1-6-5-7(2)9(4)8(6)3;1-2-4-5-3-1;1-2;;;/h5H,1-4H3;1-5H;1-2H2;2*1H;/q2*-1;;;;+4/p-2. The Hall–Kier alpha value is -0.110. The summed E-state index contributed by atoms with van der Waals surface area (Å²) in [6, 6.07) is 12.2. The number of hydrogen-bond donors (Lipinski definition) is 0. The third-order valence-corrected chi connectivity index (χ3v) is 2.73. The van der Waals surface area contributed by atoms with Gasteiger partial charge in [-0.25, -0.2) is 12.1 Å². The topological polar surface area (TPSA) is 0 Å². The van der Waals surface area contributed by atoms with Crippen LogP contribution in [-0.4, -0.2) is 0 Å². The summed E-state index contributed by atoms with van der Waals surface area (Å²) in [6.45, 7) is 14.7. The molecule has 3 heteroatoms. The predicted molar refractivity (Wildman–Crippen MR) is 74.3 cm³/mol. The molecule has 0 N–H and O–H groups in total. The van der Waals surface area contributed by atoms with Gasteiger partial charge < -0.3 is 24.8 Å². The van der Waals surface area contributed by atoms with Crippen molar-refractivity contribution in [3.8, 4) is 0 Å². The van der Waals surface area contributed by atoms with Gasteiger partial charge in [-0.1, -0.05) is 27.7 Å². The van der Waals surface area contributed by atoms with Gasteiger partial charge in [-0.15, -0.1) is 13.2 Å². The molecule has 0 saturated carbocycles. The van der Waals surface area contributed by atoms with Crippen molar-refractivity contribution < 1.29 is 50.7 Å². The molecule has 0 fully saturated rings. The number of rotatable bonds is 0. The van der Waals surface area contributed by atoms with Crippen LogP contribution < -0.4 is 24.8 Å². The first-order chi connectivity index (χ1) is 7.63. The maximum atomic E-state index is 3.00. The van der Waals surface area contributed by atoms with E-state index in [0.29, 0.717) is 0 Å². The smallest absolute Gasteiger partial charge is 1.00 e. The zero-order chi connectivity index (χ0) is 12.6. The van der Waals surface area contributed by atoms with Gasteiger partial charge >= 0.3 is 25.8 Å². The molecule has 2 aromatic carbocycles. The van der Waals surface area contributed by atoms with E-state index in [4.69, 9.17) is 0 Å². The maximum absolute atomic E-state index is 3.00. The average Bonchev–Trinajstić information content (AvgIpc) is 2.93. The van der Waals surface area contributed by atoms with Crippen molar-refractivity contribution in [2.24, 2.45) is 0 Å². The van der Waals surface area contributed by atoms with Gasteiger partial charge in [0.2, 0.25) is 0 Å². The molecule has 0 bridgehead atoms. The SMILES string of the molecule is C=C.Cc1c[c-](C)c(C)c1C.[Cl-].[Cl-].[Hf+4].c1cc[cH-]c1. The zero-order valence-electron chi connectivity index (χ0n) is 12.1.